The molecule has 3 aromatic heterocycles. The van der Waals surface area contributed by atoms with Crippen molar-refractivity contribution in [2.24, 2.45) is 0 Å². The van der Waals surface area contributed by atoms with Gasteiger partial charge in [0, 0.05) is 17.3 Å². The first-order chi connectivity index (χ1) is 15.5. The summed E-state index contributed by atoms with van der Waals surface area (Å²) in [6.45, 7) is 0.323. The molecule has 0 saturated carbocycles. The number of ether oxygens (including phenoxy) is 1. The van der Waals surface area contributed by atoms with E-state index in [1.54, 1.807) is 30.0 Å². The summed E-state index contributed by atoms with van der Waals surface area (Å²) in [5, 5.41) is 7.56. The SMILES string of the molecule is COc1ccc2oc(-c3csc(NC(=O)C4CCCN4S(=O)(=O)c4cccs4)n3)cc2c1. The molecule has 8 nitrogen and oxygen atoms in total. The van der Waals surface area contributed by atoms with E-state index in [0.29, 0.717) is 41.6 Å². The number of thiophene rings is 1. The minimum atomic E-state index is -3.69. The third kappa shape index (κ3) is 3.81. The summed E-state index contributed by atoms with van der Waals surface area (Å²) in [7, 11) is -2.09. The Morgan fingerprint density at radius 2 is 2.16 bits per heavy atom. The van der Waals surface area contributed by atoms with Crippen molar-refractivity contribution in [3.05, 3.63) is 47.2 Å². The van der Waals surface area contributed by atoms with E-state index in [2.05, 4.69) is 10.3 Å². The van der Waals surface area contributed by atoms with E-state index >= 15 is 0 Å². The van der Waals surface area contributed by atoms with E-state index in [1.807, 2.05) is 24.3 Å². The molecular formula is C21H19N3O5S3. The van der Waals surface area contributed by atoms with Crippen molar-refractivity contribution in [1.29, 1.82) is 0 Å². The van der Waals surface area contributed by atoms with Gasteiger partial charge in [0.1, 0.15) is 27.3 Å². The molecule has 166 valence electrons. The first-order valence-corrected chi connectivity index (χ1v) is 13.1. The van der Waals surface area contributed by atoms with Gasteiger partial charge < -0.3 is 14.5 Å². The molecule has 1 aromatic carbocycles. The largest absolute Gasteiger partial charge is 0.497 e. The van der Waals surface area contributed by atoms with Crippen LogP contribution in [0, 0.1) is 0 Å². The van der Waals surface area contributed by atoms with Crippen LogP contribution in [-0.4, -0.2) is 43.3 Å². The van der Waals surface area contributed by atoms with Gasteiger partial charge in [-0.25, -0.2) is 13.4 Å². The van der Waals surface area contributed by atoms with E-state index < -0.39 is 16.1 Å². The van der Waals surface area contributed by atoms with Gasteiger partial charge in [-0.05, 0) is 48.6 Å². The summed E-state index contributed by atoms with van der Waals surface area (Å²) in [5.74, 6) is 0.931. The topological polar surface area (TPSA) is 102 Å². The molecule has 1 amide bonds. The van der Waals surface area contributed by atoms with E-state index in [0.717, 1.165) is 22.5 Å². The lowest BCUT2D eigenvalue weighted by molar-refractivity contribution is -0.119. The molecule has 0 bridgehead atoms. The summed E-state index contributed by atoms with van der Waals surface area (Å²) in [5.41, 5.74) is 1.30. The Morgan fingerprint density at radius 3 is 2.94 bits per heavy atom. The maximum absolute atomic E-state index is 12.9. The van der Waals surface area contributed by atoms with Crippen LogP contribution in [-0.2, 0) is 14.8 Å². The number of hydrogen-bond acceptors (Lipinski definition) is 8. The zero-order valence-corrected chi connectivity index (χ0v) is 19.4. The maximum Gasteiger partial charge on any atom is 0.253 e. The third-order valence-electron chi connectivity index (χ3n) is 5.27. The molecule has 4 aromatic rings. The number of aromatic nitrogens is 1. The molecule has 0 radical (unpaired) electrons. The first kappa shape index (κ1) is 21.1. The van der Waals surface area contributed by atoms with Crippen molar-refractivity contribution in [1.82, 2.24) is 9.29 Å². The predicted molar refractivity (Wildman–Crippen MR) is 124 cm³/mol. The van der Waals surface area contributed by atoms with E-state index in [-0.39, 0.29) is 10.1 Å². The van der Waals surface area contributed by atoms with Gasteiger partial charge >= 0.3 is 0 Å². The van der Waals surface area contributed by atoms with Crippen molar-refractivity contribution in [3.8, 4) is 17.2 Å². The van der Waals surface area contributed by atoms with Gasteiger partial charge in [0.15, 0.2) is 10.9 Å². The van der Waals surface area contributed by atoms with Crippen LogP contribution in [0.3, 0.4) is 0 Å². The van der Waals surface area contributed by atoms with Crippen LogP contribution in [0.1, 0.15) is 12.8 Å². The number of thiazole rings is 1. The number of fused-ring (bicyclic) bond motifs is 1. The number of furan rings is 1. The van der Waals surface area contributed by atoms with Crippen LogP contribution < -0.4 is 10.1 Å². The number of amides is 1. The third-order valence-corrected chi connectivity index (χ3v) is 9.31. The van der Waals surface area contributed by atoms with E-state index in [9.17, 15) is 13.2 Å². The number of hydrogen-bond donors (Lipinski definition) is 1. The van der Waals surface area contributed by atoms with Gasteiger partial charge in [0.2, 0.25) is 5.91 Å². The average molecular weight is 490 g/mol. The van der Waals surface area contributed by atoms with Crippen molar-refractivity contribution in [2.45, 2.75) is 23.1 Å². The fourth-order valence-electron chi connectivity index (χ4n) is 3.72. The Balaban J connectivity index is 1.33. The summed E-state index contributed by atoms with van der Waals surface area (Å²) in [6.07, 6.45) is 1.11. The molecule has 1 N–H and O–H groups in total. The van der Waals surface area contributed by atoms with Gasteiger partial charge in [-0.3, -0.25) is 4.79 Å². The lowest BCUT2D eigenvalue weighted by atomic mass is 10.2. The Labute approximate surface area is 192 Å². The number of rotatable bonds is 6. The molecule has 0 spiro atoms. The smallest absolute Gasteiger partial charge is 0.253 e. The average Bonchev–Trinajstić information content (AvgIpc) is 3.58. The van der Waals surface area contributed by atoms with Gasteiger partial charge in [0.05, 0.1) is 7.11 Å². The molecular weight excluding hydrogens is 470 g/mol. The van der Waals surface area contributed by atoms with Crippen LogP contribution in [0.15, 0.2) is 55.8 Å². The number of nitrogens with one attached hydrogen (secondary N) is 1. The molecule has 11 heteroatoms. The molecule has 1 aliphatic rings. The van der Waals surface area contributed by atoms with Crippen molar-refractivity contribution in [3.63, 3.8) is 0 Å². The molecule has 5 rings (SSSR count). The van der Waals surface area contributed by atoms with Gasteiger partial charge in [0.25, 0.3) is 10.0 Å². The minimum Gasteiger partial charge on any atom is -0.497 e. The zero-order chi connectivity index (χ0) is 22.3. The number of carbonyl (C=O) groups is 1. The second-order valence-electron chi connectivity index (χ2n) is 7.25. The molecule has 4 heterocycles. The van der Waals surface area contributed by atoms with Gasteiger partial charge in [-0.15, -0.1) is 22.7 Å². The maximum atomic E-state index is 12.9. The van der Waals surface area contributed by atoms with Crippen molar-refractivity contribution >= 4 is 54.7 Å². The van der Waals surface area contributed by atoms with Crippen LogP contribution in [0.4, 0.5) is 5.13 Å². The normalized spacial score (nSPS) is 17.1. The lowest BCUT2D eigenvalue weighted by Crippen LogP contribution is -2.42. The molecule has 32 heavy (non-hydrogen) atoms. The van der Waals surface area contributed by atoms with Crippen LogP contribution in [0.25, 0.3) is 22.4 Å². The van der Waals surface area contributed by atoms with Crippen molar-refractivity contribution < 1.29 is 22.4 Å². The van der Waals surface area contributed by atoms with Gasteiger partial charge in [-0.2, -0.15) is 4.31 Å². The second-order valence-corrected chi connectivity index (χ2v) is 11.2. The van der Waals surface area contributed by atoms with Crippen LogP contribution in [0.2, 0.25) is 0 Å². The van der Waals surface area contributed by atoms with Gasteiger partial charge in [-0.1, -0.05) is 6.07 Å². The molecule has 1 fully saturated rings. The van der Waals surface area contributed by atoms with Crippen LogP contribution >= 0.6 is 22.7 Å². The Hall–Kier alpha value is -2.73. The highest BCUT2D eigenvalue weighted by molar-refractivity contribution is 7.91. The Kier molecular flexibility index (Phi) is 5.49. The Bertz CT molecular complexity index is 1370. The fourth-order valence-corrected chi connectivity index (χ4v) is 7.20. The number of sulfonamides is 1. The van der Waals surface area contributed by atoms with E-state index in [4.69, 9.17) is 9.15 Å². The number of methoxy groups -OCH3 is 1. The summed E-state index contributed by atoms with van der Waals surface area (Å²) in [4.78, 5) is 17.4. The Morgan fingerprint density at radius 1 is 1.28 bits per heavy atom. The summed E-state index contributed by atoms with van der Waals surface area (Å²) < 4.78 is 38.4. The highest BCUT2D eigenvalue weighted by atomic mass is 32.2. The monoisotopic (exact) mass is 489 g/mol. The molecule has 1 saturated heterocycles. The first-order valence-electron chi connectivity index (χ1n) is 9.85. The standard InChI is InChI=1S/C21H19N3O5S3/c1-28-14-6-7-17-13(10-14)11-18(29-17)15-12-31-21(22-15)23-20(25)16-4-2-8-24(16)32(26,27)19-5-3-9-30-19/h3,5-7,9-12,16H,2,4,8H2,1H3,(H,22,23,25). The number of nitrogens with zero attached hydrogens (tertiary/aromatic N) is 2. The molecule has 1 unspecified atom stereocenters. The highest BCUT2D eigenvalue weighted by Crippen LogP contribution is 2.33. The zero-order valence-electron chi connectivity index (χ0n) is 17.0. The fraction of sp³-hybridized carbons (Fsp3) is 0.238. The minimum absolute atomic E-state index is 0.246. The quantitative estimate of drug-likeness (QED) is 0.430. The predicted octanol–water partition coefficient (Wildman–Crippen LogP) is 4.42. The van der Waals surface area contributed by atoms with E-state index in [1.165, 1.54) is 15.6 Å². The summed E-state index contributed by atoms with van der Waals surface area (Å²) in [6, 6.07) is 9.88. The molecule has 1 atom stereocenters. The molecule has 0 aliphatic carbocycles. The summed E-state index contributed by atoms with van der Waals surface area (Å²) >= 11 is 2.41. The molecule has 1 aliphatic heterocycles. The number of carbonyl (C=O) groups excluding carboxylic acids is 1. The van der Waals surface area contributed by atoms with Crippen LogP contribution in [0.5, 0.6) is 5.75 Å². The van der Waals surface area contributed by atoms with Crippen molar-refractivity contribution in [2.75, 3.05) is 19.0 Å². The highest BCUT2D eigenvalue weighted by Gasteiger charge is 2.40. The number of anilines is 1. The number of benzene rings is 1. The lowest BCUT2D eigenvalue weighted by Gasteiger charge is -2.22. The second kappa shape index (κ2) is 8.32.